The van der Waals surface area contributed by atoms with Crippen molar-refractivity contribution in [3.05, 3.63) is 12.2 Å². The average molecular weight is 239 g/mol. The number of hydrogen-bond donors (Lipinski definition) is 0. The van der Waals surface area contributed by atoms with Crippen LogP contribution >= 0.6 is 0 Å². The number of hydrogen-bond acceptors (Lipinski definition) is 3. The lowest BCUT2D eigenvalue weighted by Gasteiger charge is -2.19. The van der Waals surface area contributed by atoms with E-state index >= 15 is 0 Å². The van der Waals surface area contributed by atoms with Crippen molar-refractivity contribution < 1.29 is 14.3 Å². The lowest BCUT2D eigenvalue weighted by Crippen LogP contribution is -2.23. The number of nitrogens with zero attached hydrogens (tertiary/aromatic N) is 1. The topological polar surface area (TPSA) is 38.8 Å². The number of amides is 1. The van der Waals surface area contributed by atoms with Crippen LogP contribution in [0.15, 0.2) is 12.2 Å². The zero-order chi connectivity index (χ0) is 12.6. The van der Waals surface area contributed by atoms with Gasteiger partial charge in [-0.3, -0.25) is 4.79 Å². The van der Waals surface area contributed by atoms with Gasteiger partial charge in [-0.1, -0.05) is 6.08 Å². The monoisotopic (exact) mass is 239 g/mol. The van der Waals surface area contributed by atoms with Crippen LogP contribution in [0.2, 0.25) is 0 Å². The zero-order valence-electron chi connectivity index (χ0n) is 11.0. The second-order valence-corrected chi connectivity index (χ2v) is 5.54. The van der Waals surface area contributed by atoms with Crippen molar-refractivity contribution in [3.8, 4) is 0 Å². The van der Waals surface area contributed by atoms with Gasteiger partial charge >= 0.3 is 0 Å². The Morgan fingerprint density at radius 2 is 1.76 bits per heavy atom. The summed E-state index contributed by atoms with van der Waals surface area (Å²) in [6.45, 7) is 3.90. The predicted octanol–water partition coefficient (Wildman–Crippen LogP) is 1.56. The minimum atomic E-state index is -0.441. The van der Waals surface area contributed by atoms with E-state index in [2.05, 4.69) is 0 Å². The third kappa shape index (κ3) is 2.87. The Balaban J connectivity index is 1.87. The summed E-state index contributed by atoms with van der Waals surface area (Å²) in [5.74, 6) is -0.0158. The molecule has 4 nitrogen and oxygen atoms in total. The maximum atomic E-state index is 11.4. The van der Waals surface area contributed by atoms with Gasteiger partial charge in [0.15, 0.2) is 5.79 Å². The number of carbonyl (C=O) groups excluding carboxylic acids is 1. The molecule has 3 atom stereocenters. The summed E-state index contributed by atoms with van der Waals surface area (Å²) in [4.78, 5) is 13.0. The Morgan fingerprint density at radius 3 is 2.24 bits per heavy atom. The minimum absolute atomic E-state index is 0.0317. The van der Waals surface area contributed by atoms with Crippen molar-refractivity contribution in [3.63, 3.8) is 0 Å². The normalized spacial score (nSPS) is 35.2. The lowest BCUT2D eigenvalue weighted by atomic mass is 10.1. The van der Waals surface area contributed by atoms with Gasteiger partial charge in [-0.05, 0) is 38.7 Å². The first-order valence-corrected chi connectivity index (χ1v) is 6.12. The first-order chi connectivity index (χ1) is 7.87. The highest BCUT2D eigenvalue weighted by Gasteiger charge is 2.46. The van der Waals surface area contributed by atoms with Gasteiger partial charge in [0.05, 0.1) is 12.2 Å². The molecule has 0 N–H and O–H groups in total. The van der Waals surface area contributed by atoms with Crippen LogP contribution in [0, 0.1) is 5.92 Å². The van der Waals surface area contributed by atoms with Crippen molar-refractivity contribution in [2.45, 2.75) is 44.7 Å². The molecule has 1 unspecified atom stereocenters. The number of allylic oxidation sites excluding steroid dienone is 1. The molecule has 96 valence electrons. The molecule has 1 saturated heterocycles. The highest BCUT2D eigenvalue weighted by atomic mass is 16.8. The van der Waals surface area contributed by atoms with Crippen molar-refractivity contribution >= 4 is 5.91 Å². The van der Waals surface area contributed by atoms with Crippen LogP contribution in [0.4, 0.5) is 0 Å². The molecule has 2 aliphatic rings. The molecular weight excluding hydrogens is 218 g/mol. The van der Waals surface area contributed by atoms with Crippen molar-refractivity contribution in [2.24, 2.45) is 5.92 Å². The Morgan fingerprint density at radius 1 is 1.24 bits per heavy atom. The largest absolute Gasteiger partial charge is 0.345 e. The van der Waals surface area contributed by atoms with Gasteiger partial charge in [-0.15, -0.1) is 0 Å². The van der Waals surface area contributed by atoms with E-state index in [1.165, 1.54) is 0 Å². The van der Waals surface area contributed by atoms with E-state index in [1.807, 2.05) is 19.9 Å². The molecule has 1 amide bonds. The summed E-state index contributed by atoms with van der Waals surface area (Å²) in [5.41, 5.74) is 0. The number of fused-ring (bicyclic) bond motifs is 1. The minimum Gasteiger partial charge on any atom is -0.345 e. The van der Waals surface area contributed by atoms with E-state index in [0.717, 1.165) is 12.8 Å². The van der Waals surface area contributed by atoms with Crippen molar-refractivity contribution in [1.82, 2.24) is 4.90 Å². The van der Waals surface area contributed by atoms with E-state index in [-0.39, 0.29) is 18.1 Å². The Hall–Kier alpha value is -0.870. The third-order valence-electron chi connectivity index (χ3n) is 3.31. The average Bonchev–Trinajstić information content (AvgIpc) is 2.66. The molecule has 0 spiro atoms. The smallest absolute Gasteiger partial charge is 0.245 e. The van der Waals surface area contributed by atoms with Gasteiger partial charge in [-0.25, -0.2) is 0 Å². The summed E-state index contributed by atoms with van der Waals surface area (Å²) in [6.07, 6.45) is 5.91. The van der Waals surface area contributed by atoms with Crippen LogP contribution in [-0.2, 0) is 14.3 Å². The van der Waals surface area contributed by atoms with E-state index in [1.54, 1.807) is 25.1 Å². The summed E-state index contributed by atoms with van der Waals surface area (Å²) in [6, 6.07) is 0. The summed E-state index contributed by atoms with van der Waals surface area (Å²) in [5, 5.41) is 0. The molecular formula is C13H21NO3. The fourth-order valence-electron chi connectivity index (χ4n) is 2.53. The van der Waals surface area contributed by atoms with Crippen LogP contribution in [0.5, 0.6) is 0 Å². The highest BCUT2D eigenvalue weighted by molar-refractivity contribution is 5.87. The molecule has 0 bridgehead atoms. The fourth-order valence-corrected chi connectivity index (χ4v) is 2.53. The molecule has 1 saturated carbocycles. The van der Waals surface area contributed by atoms with E-state index < -0.39 is 5.79 Å². The maximum Gasteiger partial charge on any atom is 0.245 e. The van der Waals surface area contributed by atoms with E-state index in [9.17, 15) is 4.79 Å². The zero-order valence-corrected chi connectivity index (χ0v) is 11.0. The summed E-state index contributed by atoms with van der Waals surface area (Å²) < 4.78 is 11.6. The summed E-state index contributed by atoms with van der Waals surface area (Å²) >= 11 is 0. The van der Waals surface area contributed by atoms with Gasteiger partial charge in [0.2, 0.25) is 5.91 Å². The maximum absolute atomic E-state index is 11.4. The van der Waals surface area contributed by atoms with E-state index in [0.29, 0.717) is 5.92 Å². The third-order valence-corrected chi connectivity index (χ3v) is 3.31. The molecule has 0 aromatic rings. The molecule has 1 aliphatic carbocycles. The first kappa shape index (κ1) is 12.6. The van der Waals surface area contributed by atoms with E-state index in [4.69, 9.17) is 9.47 Å². The molecule has 0 aromatic carbocycles. The van der Waals surface area contributed by atoms with Crippen molar-refractivity contribution in [1.29, 1.82) is 0 Å². The second-order valence-electron chi connectivity index (χ2n) is 5.54. The number of rotatable bonds is 2. The number of likely N-dealkylation sites (N-methyl/N-ethyl adjacent to an activating group) is 1. The van der Waals surface area contributed by atoms with Gasteiger partial charge < -0.3 is 14.4 Å². The molecule has 2 rings (SSSR count). The molecule has 1 heterocycles. The number of ether oxygens (including phenoxy) is 2. The van der Waals surface area contributed by atoms with Crippen molar-refractivity contribution in [2.75, 3.05) is 14.1 Å². The molecule has 4 heteroatoms. The fraction of sp³-hybridized carbons (Fsp3) is 0.769. The van der Waals surface area contributed by atoms with Crippen LogP contribution in [0.3, 0.4) is 0 Å². The second kappa shape index (κ2) is 4.42. The van der Waals surface area contributed by atoms with Crippen LogP contribution in [-0.4, -0.2) is 42.9 Å². The standard InChI is InChI=1S/C13H21NO3/c1-13(2)16-10-7-9(8-11(10)17-13)5-6-12(15)14(3)4/h5-6,9-11H,7-8H2,1-4H3/b6-5+/t9?,10-,11+. The Bertz CT molecular complexity index is 320. The molecule has 1 aliphatic heterocycles. The SMILES string of the molecule is CN(C)C(=O)/C=C/C1C[C@@H]2OC(C)(C)O[C@@H]2C1. The lowest BCUT2D eigenvalue weighted by molar-refractivity contribution is -0.152. The van der Waals surface area contributed by atoms with Gasteiger partial charge in [0.25, 0.3) is 0 Å². The molecule has 2 fully saturated rings. The van der Waals surface area contributed by atoms with Gasteiger partial charge in [-0.2, -0.15) is 0 Å². The summed E-state index contributed by atoms with van der Waals surface area (Å²) in [7, 11) is 3.51. The number of carbonyl (C=O) groups is 1. The highest BCUT2D eigenvalue weighted by Crippen LogP contribution is 2.41. The predicted molar refractivity (Wildman–Crippen MR) is 64.4 cm³/mol. The Kier molecular flexibility index (Phi) is 3.27. The Labute approximate surface area is 103 Å². The van der Waals surface area contributed by atoms with Crippen LogP contribution < -0.4 is 0 Å². The van der Waals surface area contributed by atoms with Crippen LogP contribution in [0.1, 0.15) is 26.7 Å². The molecule has 0 radical (unpaired) electrons. The quantitative estimate of drug-likeness (QED) is 0.686. The molecule has 17 heavy (non-hydrogen) atoms. The first-order valence-electron chi connectivity index (χ1n) is 6.12. The van der Waals surface area contributed by atoms with Gasteiger partial charge in [0, 0.05) is 14.1 Å². The van der Waals surface area contributed by atoms with Gasteiger partial charge in [0.1, 0.15) is 0 Å². The molecule has 0 aromatic heterocycles. The van der Waals surface area contributed by atoms with Crippen LogP contribution in [0.25, 0.3) is 0 Å².